The Labute approximate surface area is 81.8 Å². The van der Waals surface area contributed by atoms with Gasteiger partial charge in [0.2, 0.25) is 0 Å². The Kier molecular flexibility index (Phi) is 2.85. The Morgan fingerprint density at radius 2 is 2.14 bits per heavy atom. The molecule has 0 atom stereocenters. The fourth-order valence-corrected chi connectivity index (χ4v) is 1.08. The number of carboxylic acid groups (broad SMARTS) is 1. The molecule has 0 unspecified atom stereocenters. The van der Waals surface area contributed by atoms with Crippen molar-refractivity contribution in [3.05, 3.63) is 22.5 Å². The standard InChI is InChI=1S/C7H4ClF2NO3/c8-4-2(12)1-11-5(7(13)14)3(4)6(9)10/h1,6,12H,(H,13,14). The van der Waals surface area contributed by atoms with Crippen molar-refractivity contribution in [1.29, 1.82) is 0 Å². The molecule has 0 bridgehead atoms. The van der Waals surface area contributed by atoms with Gasteiger partial charge in [0.15, 0.2) is 11.4 Å². The number of aromatic nitrogens is 1. The molecule has 4 nitrogen and oxygen atoms in total. The van der Waals surface area contributed by atoms with E-state index in [1.807, 2.05) is 0 Å². The lowest BCUT2D eigenvalue weighted by Gasteiger charge is -2.07. The highest BCUT2D eigenvalue weighted by Gasteiger charge is 2.24. The number of hydrogen-bond acceptors (Lipinski definition) is 3. The molecule has 76 valence electrons. The number of hydrogen-bond donors (Lipinski definition) is 2. The van der Waals surface area contributed by atoms with Gasteiger partial charge in [-0.15, -0.1) is 0 Å². The average Bonchev–Trinajstić information content (AvgIpc) is 2.08. The number of aromatic hydroxyl groups is 1. The van der Waals surface area contributed by atoms with E-state index in [4.69, 9.17) is 21.8 Å². The van der Waals surface area contributed by atoms with Crippen LogP contribution in [0, 0.1) is 0 Å². The van der Waals surface area contributed by atoms with E-state index in [0.29, 0.717) is 6.20 Å². The van der Waals surface area contributed by atoms with Crippen LogP contribution in [0.2, 0.25) is 5.02 Å². The summed E-state index contributed by atoms with van der Waals surface area (Å²) in [6, 6.07) is 0. The largest absolute Gasteiger partial charge is 0.505 e. The third kappa shape index (κ3) is 1.74. The quantitative estimate of drug-likeness (QED) is 0.805. The summed E-state index contributed by atoms with van der Waals surface area (Å²) in [5.41, 5.74) is -1.83. The van der Waals surface area contributed by atoms with Crippen molar-refractivity contribution in [1.82, 2.24) is 4.98 Å². The average molecular weight is 224 g/mol. The first-order valence-corrected chi connectivity index (χ1v) is 3.71. The molecular weight excluding hydrogens is 220 g/mol. The molecule has 0 amide bonds. The molecule has 14 heavy (non-hydrogen) atoms. The van der Waals surface area contributed by atoms with Gasteiger partial charge in [0.05, 0.1) is 16.8 Å². The predicted octanol–water partition coefficient (Wildman–Crippen LogP) is 2.08. The van der Waals surface area contributed by atoms with E-state index in [1.54, 1.807) is 0 Å². The molecule has 7 heteroatoms. The predicted molar refractivity (Wildman–Crippen MR) is 42.8 cm³/mol. The number of alkyl halides is 2. The van der Waals surface area contributed by atoms with Crippen LogP contribution < -0.4 is 0 Å². The first-order chi connectivity index (χ1) is 6.45. The van der Waals surface area contributed by atoms with Gasteiger partial charge in [-0.25, -0.2) is 18.6 Å². The zero-order chi connectivity index (χ0) is 10.9. The Hall–Kier alpha value is -1.43. The van der Waals surface area contributed by atoms with Crippen molar-refractivity contribution in [3.8, 4) is 5.75 Å². The van der Waals surface area contributed by atoms with Gasteiger partial charge in [0.1, 0.15) is 0 Å². The number of carbonyl (C=O) groups is 1. The Morgan fingerprint density at radius 3 is 2.57 bits per heavy atom. The van der Waals surface area contributed by atoms with Gasteiger partial charge in [-0.05, 0) is 0 Å². The Morgan fingerprint density at radius 1 is 1.57 bits per heavy atom. The molecule has 1 rings (SSSR count). The maximum atomic E-state index is 12.3. The van der Waals surface area contributed by atoms with E-state index >= 15 is 0 Å². The lowest BCUT2D eigenvalue weighted by Crippen LogP contribution is -2.06. The highest BCUT2D eigenvalue weighted by molar-refractivity contribution is 6.33. The summed E-state index contributed by atoms with van der Waals surface area (Å²) in [5.74, 6) is -2.30. The lowest BCUT2D eigenvalue weighted by molar-refractivity contribution is 0.0677. The molecular formula is C7H4ClF2NO3. The smallest absolute Gasteiger partial charge is 0.355 e. The minimum absolute atomic E-state index is 0.674. The highest BCUT2D eigenvalue weighted by atomic mass is 35.5. The van der Waals surface area contributed by atoms with Gasteiger partial charge >= 0.3 is 5.97 Å². The zero-order valence-electron chi connectivity index (χ0n) is 6.54. The molecule has 0 saturated carbocycles. The summed E-state index contributed by atoms with van der Waals surface area (Å²) in [4.78, 5) is 13.6. The van der Waals surface area contributed by atoms with Crippen molar-refractivity contribution < 1.29 is 23.8 Å². The van der Waals surface area contributed by atoms with Crippen molar-refractivity contribution in [2.45, 2.75) is 6.43 Å². The number of pyridine rings is 1. The minimum Gasteiger partial charge on any atom is -0.505 e. The van der Waals surface area contributed by atoms with Crippen LogP contribution in [-0.2, 0) is 0 Å². The summed E-state index contributed by atoms with van der Waals surface area (Å²) in [6.45, 7) is 0. The van der Waals surface area contributed by atoms with Crippen LogP contribution in [0.5, 0.6) is 5.75 Å². The normalized spacial score (nSPS) is 10.6. The molecule has 0 aliphatic rings. The highest BCUT2D eigenvalue weighted by Crippen LogP contribution is 2.34. The van der Waals surface area contributed by atoms with Crippen molar-refractivity contribution in [2.24, 2.45) is 0 Å². The fourth-order valence-electron chi connectivity index (χ4n) is 0.863. The van der Waals surface area contributed by atoms with Crippen LogP contribution in [-0.4, -0.2) is 21.2 Å². The Balaban J connectivity index is 3.45. The summed E-state index contributed by atoms with van der Waals surface area (Å²) in [7, 11) is 0. The molecule has 0 spiro atoms. The molecule has 0 aromatic carbocycles. The van der Waals surface area contributed by atoms with Crippen LogP contribution in [0.4, 0.5) is 8.78 Å². The topological polar surface area (TPSA) is 70.4 Å². The maximum Gasteiger partial charge on any atom is 0.355 e. The lowest BCUT2D eigenvalue weighted by atomic mass is 10.2. The van der Waals surface area contributed by atoms with Crippen LogP contribution in [0.15, 0.2) is 6.20 Å². The molecule has 1 aromatic heterocycles. The second kappa shape index (κ2) is 3.75. The van der Waals surface area contributed by atoms with E-state index < -0.39 is 34.4 Å². The first kappa shape index (κ1) is 10.6. The van der Waals surface area contributed by atoms with Gasteiger partial charge in [0, 0.05) is 0 Å². The van der Waals surface area contributed by atoms with E-state index in [0.717, 1.165) is 0 Å². The Bertz CT molecular complexity index is 383. The summed E-state index contributed by atoms with van der Waals surface area (Å²) in [6.07, 6.45) is -2.40. The van der Waals surface area contributed by atoms with Crippen LogP contribution in [0.25, 0.3) is 0 Å². The van der Waals surface area contributed by atoms with E-state index in [9.17, 15) is 13.6 Å². The maximum absolute atomic E-state index is 12.3. The number of nitrogens with zero attached hydrogens (tertiary/aromatic N) is 1. The zero-order valence-corrected chi connectivity index (χ0v) is 7.29. The molecule has 0 aliphatic heterocycles. The minimum atomic E-state index is -3.10. The molecule has 0 radical (unpaired) electrons. The summed E-state index contributed by atoms with van der Waals surface area (Å²) < 4.78 is 24.7. The van der Waals surface area contributed by atoms with Crippen LogP contribution in [0.1, 0.15) is 22.5 Å². The van der Waals surface area contributed by atoms with Gasteiger partial charge in [0.25, 0.3) is 6.43 Å². The van der Waals surface area contributed by atoms with E-state index in [1.165, 1.54) is 0 Å². The first-order valence-electron chi connectivity index (χ1n) is 3.34. The number of rotatable bonds is 2. The third-order valence-electron chi connectivity index (χ3n) is 1.45. The second-order valence-corrected chi connectivity index (χ2v) is 2.70. The summed E-state index contributed by atoms with van der Waals surface area (Å²) >= 11 is 5.30. The van der Waals surface area contributed by atoms with Crippen LogP contribution >= 0.6 is 11.6 Å². The summed E-state index contributed by atoms with van der Waals surface area (Å²) in [5, 5.41) is 16.7. The van der Waals surface area contributed by atoms with Gasteiger partial charge in [-0.2, -0.15) is 0 Å². The number of aromatic carboxylic acids is 1. The van der Waals surface area contributed by atoms with Crippen molar-refractivity contribution in [3.63, 3.8) is 0 Å². The fraction of sp³-hybridized carbons (Fsp3) is 0.143. The molecule has 0 aliphatic carbocycles. The van der Waals surface area contributed by atoms with Crippen molar-refractivity contribution >= 4 is 17.6 Å². The SMILES string of the molecule is O=C(O)c1ncc(O)c(Cl)c1C(F)F. The van der Waals surface area contributed by atoms with E-state index in [-0.39, 0.29) is 0 Å². The number of carboxylic acids is 1. The molecule has 2 N–H and O–H groups in total. The monoisotopic (exact) mass is 223 g/mol. The number of halogens is 3. The molecule has 0 saturated heterocycles. The van der Waals surface area contributed by atoms with Crippen molar-refractivity contribution in [2.75, 3.05) is 0 Å². The molecule has 0 fully saturated rings. The van der Waals surface area contributed by atoms with E-state index in [2.05, 4.69) is 4.98 Å². The molecule has 1 heterocycles. The van der Waals surface area contributed by atoms with Gasteiger partial charge < -0.3 is 10.2 Å². The molecule has 1 aromatic rings. The van der Waals surface area contributed by atoms with Crippen LogP contribution in [0.3, 0.4) is 0 Å². The third-order valence-corrected chi connectivity index (χ3v) is 1.85. The van der Waals surface area contributed by atoms with Gasteiger partial charge in [-0.1, -0.05) is 11.6 Å². The van der Waals surface area contributed by atoms with Gasteiger partial charge in [-0.3, -0.25) is 0 Å². The second-order valence-electron chi connectivity index (χ2n) is 2.33.